The van der Waals surface area contributed by atoms with Gasteiger partial charge in [0.15, 0.2) is 17.3 Å². The molecule has 1 aromatic carbocycles. The summed E-state index contributed by atoms with van der Waals surface area (Å²) in [4.78, 5) is 14.1. The highest BCUT2D eigenvalue weighted by molar-refractivity contribution is 7.80. The minimum absolute atomic E-state index is 0.0843. The summed E-state index contributed by atoms with van der Waals surface area (Å²) >= 11 is 6.85. The Morgan fingerprint density at radius 1 is 1.04 bits per heavy atom. The van der Waals surface area contributed by atoms with Crippen LogP contribution in [-0.4, -0.2) is 38.6 Å². The van der Waals surface area contributed by atoms with E-state index in [1.807, 2.05) is 18.2 Å². The van der Waals surface area contributed by atoms with E-state index in [0.29, 0.717) is 17.9 Å². The summed E-state index contributed by atoms with van der Waals surface area (Å²) in [6.45, 7) is 0.778. The molecule has 1 aromatic heterocycles. The second-order valence-electron chi connectivity index (χ2n) is 5.80. The van der Waals surface area contributed by atoms with Crippen molar-refractivity contribution < 1.29 is 19.0 Å². The number of carbonyl (C=O) groups excluding carboxylic acids is 1. The average molecular weight is 381 g/mol. The smallest absolute Gasteiger partial charge is 0.177 e. The number of benzene rings is 1. The van der Waals surface area contributed by atoms with E-state index in [9.17, 15) is 4.79 Å². The van der Waals surface area contributed by atoms with Crippen LogP contribution in [0.4, 0.5) is 0 Å². The minimum atomic E-state index is 0.0843. The van der Waals surface area contributed by atoms with Crippen LogP contribution in [-0.2, 0) is 4.74 Å². The van der Waals surface area contributed by atoms with Gasteiger partial charge in [0.05, 0.1) is 19.1 Å². The molecular weight excluding hydrogens is 356 g/mol. The first kappa shape index (κ1) is 19.8. The molecule has 0 unspecified atom stereocenters. The number of hydrogen-bond donors (Lipinski definition) is 0. The Balaban J connectivity index is 1.98. The van der Waals surface area contributed by atoms with Gasteiger partial charge in [-0.3, -0.25) is 4.79 Å². The number of methoxy groups -OCH3 is 3. The highest BCUT2D eigenvalue weighted by Crippen LogP contribution is 2.36. The van der Waals surface area contributed by atoms with Crippen molar-refractivity contribution in [1.29, 1.82) is 0 Å². The highest BCUT2D eigenvalue weighted by Gasteiger charge is 2.15. The number of ether oxygens (including phenoxy) is 3. The Morgan fingerprint density at radius 3 is 2.44 bits per heavy atom. The minimum Gasteiger partial charge on any atom is -0.493 e. The monoisotopic (exact) mass is 380 g/mol. The highest BCUT2D eigenvalue weighted by atomic mass is 32.1. The normalized spacial score (nSPS) is 10.8. The predicted octanol–water partition coefficient (Wildman–Crippen LogP) is 5.07. The van der Waals surface area contributed by atoms with Crippen LogP contribution < -0.4 is 9.47 Å². The molecule has 0 aliphatic carbocycles. The van der Waals surface area contributed by atoms with Crippen LogP contribution in [0.5, 0.6) is 11.5 Å². The van der Waals surface area contributed by atoms with Gasteiger partial charge in [-0.25, -0.2) is 0 Å². The molecule has 0 N–H and O–H groups in total. The SMILES string of the molecule is COCCCCCC(=S)CC(=O)c1cc2cc(OC)c(OC)cc2s1. The van der Waals surface area contributed by atoms with E-state index in [0.717, 1.165) is 52.1 Å². The van der Waals surface area contributed by atoms with Gasteiger partial charge in [0.1, 0.15) is 0 Å². The molecule has 0 saturated heterocycles. The van der Waals surface area contributed by atoms with E-state index >= 15 is 0 Å². The topological polar surface area (TPSA) is 44.8 Å². The molecule has 1 heterocycles. The second-order valence-corrected chi connectivity index (χ2v) is 7.46. The van der Waals surface area contributed by atoms with Gasteiger partial charge < -0.3 is 14.2 Å². The molecule has 136 valence electrons. The van der Waals surface area contributed by atoms with E-state index < -0.39 is 0 Å². The maximum Gasteiger partial charge on any atom is 0.177 e. The Bertz CT molecular complexity index is 695. The quantitative estimate of drug-likeness (QED) is 0.309. The summed E-state index contributed by atoms with van der Waals surface area (Å²) in [6, 6.07) is 5.71. The fourth-order valence-corrected chi connectivity index (χ4v) is 3.89. The molecule has 0 saturated carbocycles. The molecule has 0 radical (unpaired) electrons. The molecule has 0 amide bonds. The van der Waals surface area contributed by atoms with Crippen molar-refractivity contribution in [2.75, 3.05) is 27.9 Å². The van der Waals surface area contributed by atoms with Crippen LogP contribution in [0.25, 0.3) is 10.1 Å². The number of thiophene rings is 1. The van der Waals surface area contributed by atoms with E-state index in [1.165, 1.54) is 11.3 Å². The summed E-state index contributed by atoms with van der Waals surface area (Å²) in [5.74, 6) is 1.42. The molecule has 6 heteroatoms. The number of hydrogen-bond acceptors (Lipinski definition) is 6. The average Bonchev–Trinajstić information content (AvgIpc) is 3.03. The number of Topliss-reactive ketones (excluding diaryl/α,β-unsaturated/α-hetero) is 1. The zero-order valence-corrected chi connectivity index (χ0v) is 16.6. The molecular formula is C19H24O4S2. The summed E-state index contributed by atoms with van der Waals surface area (Å²) < 4.78 is 16.7. The Hall–Kier alpha value is -1.50. The molecule has 2 rings (SSSR count). The first-order chi connectivity index (χ1) is 12.1. The number of fused-ring (bicyclic) bond motifs is 1. The molecule has 0 atom stereocenters. The van der Waals surface area contributed by atoms with Crippen molar-refractivity contribution in [2.45, 2.75) is 32.1 Å². The number of carbonyl (C=O) groups is 1. The molecule has 25 heavy (non-hydrogen) atoms. The number of unbranched alkanes of at least 4 members (excludes halogenated alkanes) is 2. The Kier molecular flexibility index (Phi) is 7.81. The fourth-order valence-electron chi connectivity index (χ4n) is 2.60. The zero-order chi connectivity index (χ0) is 18.2. The predicted molar refractivity (Wildman–Crippen MR) is 107 cm³/mol. The van der Waals surface area contributed by atoms with Gasteiger partial charge in [0.25, 0.3) is 0 Å². The Labute approximate surface area is 158 Å². The summed E-state index contributed by atoms with van der Waals surface area (Å²) in [7, 11) is 4.92. The molecule has 4 nitrogen and oxygen atoms in total. The van der Waals surface area contributed by atoms with Crippen molar-refractivity contribution in [3.8, 4) is 11.5 Å². The van der Waals surface area contributed by atoms with Crippen LogP contribution in [0, 0.1) is 0 Å². The van der Waals surface area contributed by atoms with Crippen LogP contribution in [0.2, 0.25) is 0 Å². The van der Waals surface area contributed by atoms with Gasteiger partial charge in [-0.2, -0.15) is 0 Å². The molecule has 0 aliphatic heterocycles. The lowest BCUT2D eigenvalue weighted by atomic mass is 10.1. The standard InChI is InChI=1S/C19H24O4S2/c1-21-8-6-4-5-7-14(24)11-15(20)19-10-13-9-16(22-2)17(23-3)12-18(13)25-19/h9-10,12H,4-8,11H2,1-3H3. The van der Waals surface area contributed by atoms with Crippen molar-refractivity contribution in [2.24, 2.45) is 0 Å². The van der Waals surface area contributed by atoms with Crippen molar-refractivity contribution in [1.82, 2.24) is 0 Å². The van der Waals surface area contributed by atoms with E-state index in [1.54, 1.807) is 21.3 Å². The number of ketones is 1. The van der Waals surface area contributed by atoms with E-state index in [-0.39, 0.29) is 5.78 Å². The summed E-state index contributed by atoms with van der Waals surface area (Å²) in [5.41, 5.74) is 0. The lowest BCUT2D eigenvalue weighted by molar-refractivity contribution is 0.100. The maximum atomic E-state index is 12.5. The van der Waals surface area contributed by atoms with Crippen molar-refractivity contribution in [3.05, 3.63) is 23.1 Å². The van der Waals surface area contributed by atoms with E-state index in [2.05, 4.69) is 0 Å². The molecule has 0 aliphatic rings. The lowest BCUT2D eigenvalue weighted by Crippen LogP contribution is -2.05. The second kappa shape index (κ2) is 9.85. The van der Waals surface area contributed by atoms with Gasteiger partial charge in [0.2, 0.25) is 0 Å². The number of thiocarbonyl (C=S) groups is 1. The zero-order valence-electron chi connectivity index (χ0n) is 14.9. The first-order valence-electron chi connectivity index (χ1n) is 8.28. The summed E-state index contributed by atoms with van der Waals surface area (Å²) in [5, 5.41) is 0.983. The molecule has 0 bridgehead atoms. The lowest BCUT2D eigenvalue weighted by Gasteiger charge is -2.06. The first-order valence-corrected chi connectivity index (χ1v) is 9.51. The van der Waals surface area contributed by atoms with Crippen LogP contribution in [0.3, 0.4) is 0 Å². The van der Waals surface area contributed by atoms with Gasteiger partial charge in [-0.15, -0.1) is 11.3 Å². The third-order valence-corrected chi connectivity index (χ3v) is 5.45. The van der Waals surface area contributed by atoms with Gasteiger partial charge in [-0.05, 0) is 36.8 Å². The molecule has 0 spiro atoms. The van der Waals surface area contributed by atoms with Crippen LogP contribution in [0.15, 0.2) is 18.2 Å². The van der Waals surface area contributed by atoms with Gasteiger partial charge in [0, 0.05) is 35.8 Å². The largest absolute Gasteiger partial charge is 0.493 e. The van der Waals surface area contributed by atoms with Crippen molar-refractivity contribution >= 4 is 44.3 Å². The Morgan fingerprint density at radius 2 is 1.76 bits per heavy atom. The van der Waals surface area contributed by atoms with Crippen molar-refractivity contribution in [3.63, 3.8) is 0 Å². The van der Waals surface area contributed by atoms with Gasteiger partial charge in [-0.1, -0.05) is 18.6 Å². The van der Waals surface area contributed by atoms with Gasteiger partial charge >= 0.3 is 0 Å². The van der Waals surface area contributed by atoms with Crippen LogP contribution in [0.1, 0.15) is 41.8 Å². The summed E-state index contributed by atoms with van der Waals surface area (Å²) in [6.07, 6.45) is 4.27. The van der Waals surface area contributed by atoms with E-state index in [4.69, 9.17) is 26.4 Å². The molecule has 2 aromatic rings. The third kappa shape index (κ3) is 5.49. The van der Waals surface area contributed by atoms with Crippen LogP contribution >= 0.6 is 23.6 Å². The molecule has 0 fully saturated rings. The fraction of sp³-hybridized carbons (Fsp3) is 0.474. The third-order valence-electron chi connectivity index (χ3n) is 3.96. The maximum absolute atomic E-state index is 12.5. The number of rotatable bonds is 11.